The third-order valence-corrected chi connectivity index (χ3v) is 3.90. The van der Waals surface area contributed by atoms with Crippen LogP contribution in [0.5, 0.6) is 0 Å². The molecule has 0 unspecified atom stereocenters. The first-order valence-corrected chi connectivity index (χ1v) is 6.84. The zero-order valence-corrected chi connectivity index (χ0v) is 11.7. The van der Waals surface area contributed by atoms with Crippen LogP contribution < -0.4 is 10.2 Å². The molecule has 2 N–H and O–H groups in total. The van der Waals surface area contributed by atoms with E-state index >= 15 is 0 Å². The second-order valence-corrected chi connectivity index (χ2v) is 5.11. The Balaban J connectivity index is 1.90. The molecule has 3 rings (SSSR count). The Morgan fingerprint density at radius 3 is 2.74 bits per heavy atom. The van der Waals surface area contributed by atoms with Gasteiger partial charge in [0.25, 0.3) is 0 Å². The summed E-state index contributed by atoms with van der Waals surface area (Å²) in [6.07, 6.45) is 0. The third kappa shape index (κ3) is 2.54. The first-order valence-electron chi connectivity index (χ1n) is 6.08. The summed E-state index contributed by atoms with van der Waals surface area (Å²) in [4.78, 5) is 6.63. The molecule has 0 aliphatic carbocycles. The van der Waals surface area contributed by atoms with Gasteiger partial charge in [-0.25, -0.2) is 0 Å². The van der Waals surface area contributed by atoms with Gasteiger partial charge in [-0.2, -0.15) is 4.98 Å². The van der Waals surface area contributed by atoms with Crippen LogP contribution in [0.4, 0.5) is 5.95 Å². The lowest BCUT2D eigenvalue weighted by atomic mass is 10.2. The van der Waals surface area contributed by atoms with Crippen LogP contribution in [0.25, 0.3) is 11.4 Å². The smallest absolute Gasteiger partial charge is 0.245 e. The minimum Gasteiger partial charge on any atom is -0.337 e. The number of anilines is 1. The molecule has 1 saturated heterocycles. The van der Waals surface area contributed by atoms with Crippen molar-refractivity contribution in [3.05, 3.63) is 28.2 Å². The number of aromatic nitrogens is 3. The molecule has 0 amide bonds. The van der Waals surface area contributed by atoms with Crippen LogP contribution in [0, 0.1) is 0 Å². The van der Waals surface area contributed by atoms with Crippen LogP contribution >= 0.6 is 23.2 Å². The molecule has 0 spiro atoms. The van der Waals surface area contributed by atoms with Crippen molar-refractivity contribution in [1.29, 1.82) is 0 Å². The average Bonchev–Trinajstić information content (AvgIpc) is 2.92. The lowest BCUT2D eigenvalue weighted by Crippen LogP contribution is -2.44. The molecule has 100 valence electrons. The standard InChI is InChI=1S/C12H13Cl2N5/c13-9-3-1-2-8(10(9)14)11-16-12(18-17-11)19-6-4-15-5-7-19/h1-3,15H,4-7H2,(H,16,17,18). The SMILES string of the molecule is Clc1cccc(-c2nc(N3CCNCC3)n[nH]2)c1Cl. The molecule has 2 heterocycles. The van der Waals surface area contributed by atoms with Crippen LogP contribution in [0.2, 0.25) is 10.0 Å². The molecule has 1 aromatic heterocycles. The Bertz CT molecular complexity index is 577. The van der Waals surface area contributed by atoms with E-state index in [1.54, 1.807) is 6.07 Å². The van der Waals surface area contributed by atoms with Crippen molar-refractivity contribution in [1.82, 2.24) is 20.5 Å². The first kappa shape index (κ1) is 12.7. The van der Waals surface area contributed by atoms with Crippen molar-refractivity contribution < 1.29 is 0 Å². The maximum atomic E-state index is 6.18. The average molecular weight is 298 g/mol. The van der Waals surface area contributed by atoms with Crippen LogP contribution in [0.1, 0.15) is 0 Å². The summed E-state index contributed by atoms with van der Waals surface area (Å²) < 4.78 is 0. The summed E-state index contributed by atoms with van der Waals surface area (Å²) in [5, 5.41) is 11.5. The predicted molar refractivity (Wildman–Crippen MR) is 76.9 cm³/mol. The van der Waals surface area contributed by atoms with Crippen LogP contribution in [-0.4, -0.2) is 41.4 Å². The lowest BCUT2D eigenvalue weighted by Gasteiger charge is -2.25. The summed E-state index contributed by atoms with van der Waals surface area (Å²) in [5.41, 5.74) is 0.767. The van der Waals surface area contributed by atoms with E-state index < -0.39 is 0 Å². The zero-order valence-electron chi connectivity index (χ0n) is 10.2. The fraction of sp³-hybridized carbons (Fsp3) is 0.333. The maximum absolute atomic E-state index is 6.18. The number of nitrogens with one attached hydrogen (secondary N) is 2. The normalized spacial score (nSPS) is 15.8. The van der Waals surface area contributed by atoms with Gasteiger partial charge in [0.1, 0.15) is 0 Å². The van der Waals surface area contributed by atoms with Gasteiger partial charge >= 0.3 is 0 Å². The maximum Gasteiger partial charge on any atom is 0.245 e. The number of H-pyrrole nitrogens is 1. The van der Waals surface area contributed by atoms with Crippen molar-refractivity contribution in [2.75, 3.05) is 31.1 Å². The number of halogens is 2. The zero-order chi connectivity index (χ0) is 13.2. The van der Waals surface area contributed by atoms with E-state index in [-0.39, 0.29) is 0 Å². The second kappa shape index (κ2) is 5.36. The summed E-state index contributed by atoms with van der Waals surface area (Å²) in [7, 11) is 0. The van der Waals surface area contributed by atoms with Crippen molar-refractivity contribution in [3.8, 4) is 11.4 Å². The highest BCUT2D eigenvalue weighted by Crippen LogP contribution is 2.32. The van der Waals surface area contributed by atoms with Gasteiger partial charge < -0.3 is 10.2 Å². The van der Waals surface area contributed by atoms with Gasteiger partial charge in [0.15, 0.2) is 5.82 Å². The molecule has 0 bridgehead atoms. The second-order valence-electron chi connectivity index (χ2n) is 4.32. The number of benzene rings is 1. The number of hydrogen-bond donors (Lipinski definition) is 2. The molecule has 0 saturated carbocycles. The third-order valence-electron chi connectivity index (χ3n) is 3.08. The lowest BCUT2D eigenvalue weighted by molar-refractivity contribution is 0.580. The molecule has 19 heavy (non-hydrogen) atoms. The van der Waals surface area contributed by atoms with E-state index in [0.717, 1.165) is 31.7 Å². The summed E-state index contributed by atoms with van der Waals surface area (Å²) >= 11 is 12.2. The predicted octanol–water partition coefficient (Wildman–Crippen LogP) is 2.19. The minimum absolute atomic E-state index is 0.493. The van der Waals surface area contributed by atoms with E-state index in [1.165, 1.54) is 0 Å². The highest BCUT2D eigenvalue weighted by molar-refractivity contribution is 6.43. The highest BCUT2D eigenvalue weighted by atomic mass is 35.5. The molecule has 0 radical (unpaired) electrons. The molecular formula is C12H13Cl2N5. The van der Waals surface area contributed by atoms with Gasteiger partial charge in [-0.15, -0.1) is 5.10 Å². The number of aromatic amines is 1. The van der Waals surface area contributed by atoms with Gasteiger partial charge in [-0.1, -0.05) is 29.3 Å². The summed E-state index contributed by atoms with van der Waals surface area (Å²) in [6.45, 7) is 3.70. The van der Waals surface area contributed by atoms with Crippen molar-refractivity contribution in [2.24, 2.45) is 0 Å². The molecule has 5 nitrogen and oxygen atoms in total. The molecule has 7 heteroatoms. The van der Waals surface area contributed by atoms with E-state index in [0.29, 0.717) is 21.8 Å². The number of nitrogens with zero attached hydrogens (tertiary/aromatic N) is 3. The molecule has 0 atom stereocenters. The number of rotatable bonds is 2. The molecule has 1 aromatic carbocycles. The molecule has 1 aliphatic rings. The topological polar surface area (TPSA) is 56.8 Å². The van der Waals surface area contributed by atoms with Gasteiger partial charge in [0.05, 0.1) is 10.0 Å². The van der Waals surface area contributed by atoms with Gasteiger partial charge in [0, 0.05) is 31.7 Å². The fourth-order valence-corrected chi connectivity index (χ4v) is 2.46. The fourth-order valence-electron chi connectivity index (χ4n) is 2.07. The van der Waals surface area contributed by atoms with Gasteiger partial charge in [-0.3, -0.25) is 5.10 Å². The van der Waals surface area contributed by atoms with E-state index in [9.17, 15) is 0 Å². The van der Waals surface area contributed by atoms with Crippen molar-refractivity contribution in [3.63, 3.8) is 0 Å². The van der Waals surface area contributed by atoms with Gasteiger partial charge in [0.2, 0.25) is 5.95 Å². The number of piperazine rings is 1. The Kier molecular flexibility index (Phi) is 3.59. The van der Waals surface area contributed by atoms with E-state index in [2.05, 4.69) is 25.4 Å². The van der Waals surface area contributed by atoms with E-state index in [1.807, 2.05) is 12.1 Å². The van der Waals surface area contributed by atoms with E-state index in [4.69, 9.17) is 23.2 Å². The molecule has 2 aromatic rings. The molecular weight excluding hydrogens is 285 g/mol. The van der Waals surface area contributed by atoms with Crippen LogP contribution in [0.3, 0.4) is 0 Å². The largest absolute Gasteiger partial charge is 0.337 e. The Morgan fingerprint density at radius 2 is 1.95 bits per heavy atom. The minimum atomic E-state index is 0.493. The number of hydrogen-bond acceptors (Lipinski definition) is 4. The summed E-state index contributed by atoms with van der Waals surface area (Å²) in [6, 6.07) is 5.47. The van der Waals surface area contributed by atoms with Crippen molar-refractivity contribution >= 4 is 29.2 Å². The Hall–Kier alpha value is -1.30. The van der Waals surface area contributed by atoms with Crippen LogP contribution in [0.15, 0.2) is 18.2 Å². The quantitative estimate of drug-likeness (QED) is 0.892. The van der Waals surface area contributed by atoms with Crippen molar-refractivity contribution in [2.45, 2.75) is 0 Å². The van der Waals surface area contributed by atoms with Gasteiger partial charge in [-0.05, 0) is 12.1 Å². The Morgan fingerprint density at radius 1 is 1.16 bits per heavy atom. The summed E-state index contributed by atoms with van der Waals surface area (Å²) in [5.74, 6) is 1.34. The van der Waals surface area contributed by atoms with Crippen LogP contribution in [-0.2, 0) is 0 Å². The molecule has 1 fully saturated rings. The monoisotopic (exact) mass is 297 g/mol. The first-order chi connectivity index (χ1) is 9.25. The Labute approximate surface area is 120 Å². The molecule has 1 aliphatic heterocycles. The highest BCUT2D eigenvalue weighted by Gasteiger charge is 2.17.